The average molecular weight is 267 g/mol. The van der Waals surface area contributed by atoms with Crippen LogP contribution in [0.5, 0.6) is 17.2 Å². The maximum absolute atomic E-state index is 11.9. The number of ketones is 1. The Labute approximate surface area is 114 Å². The van der Waals surface area contributed by atoms with Crippen molar-refractivity contribution in [3.63, 3.8) is 0 Å². The van der Waals surface area contributed by atoms with Gasteiger partial charge in [0.05, 0.1) is 26.9 Å². The first kappa shape index (κ1) is 15.3. The van der Waals surface area contributed by atoms with E-state index in [9.17, 15) is 4.79 Å². The van der Waals surface area contributed by atoms with Crippen molar-refractivity contribution >= 4 is 5.78 Å². The first-order chi connectivity index (χ1) is 8.96. The minimum Gasteiger partial charge on any atom is -0.496 e. The Kier molecular flexibility index (Phi) is 5.18. The SMILES string of the molecule is COc1cc(OC)c(C(C(C)=O)N(C)C)c(OC)c1. The number of likely N-dealkylation sites (N-methyl/N-ethyl adjacent to an activating group) is 1. The molecule has 0 fully saturated rings. The summed E-state index contributed by atoms with van der Waals surface area (Å²) < 4.78 is 15.9. The highest BCUT2D eigenvalue weighted by Gasteiger charge is 2.27. The van der Waals surface area contributed by atoms with Gasteiger partial charge < -0.3 is 14.2 Å². The Morgan fingerprint density at radius 2 is 1.53 bits per heavy atom. The number of hydrogen-bond donors (Lipinski definition) is 0. The van der Waals surface area contributed by atoms with Crippen molar-refractivity contribution in [1.82, 2.24) is 4.90 Å². The smallest absolute Gasteiger partial charge is 0.151 e. The van der Waals surface area contributed by atoms with Gasteiger partial charge >= 0.3 is 0 Å². The number of nitrogens with zero attached hydrogens (tertiary/aromatic N) is 1. The van der Waals surface area contributed by atoms with E-state index in [4.69, 9.17) is 14.2 Å². The fourth-order valence-corrected chi connectivity index (χ4v) is 2.13. The van der Waals surface area contributed by atoms with E-state index in [1.165, 1.54) is 0 Å². The molecule has 5 heteroatoms. The monoisotopic (exact) mass is 267 g/mol. The third-order valence-electron chi connectivity index (χ3n) is 2.93. The number of benzene rings is 1. The average Bonchev–Trinajstić information content (AvgIpc) is 2.37. The predicted octanol–water partition coefficient (Wildman–Crippen LogP) is 1.90. The van der Waals surface area contributed by atoms with Crippen molar-refractivity contribution in [2.75, 3.05) is 35.4 Å². The zero-order chi connectivity index (χ0) is 14.6. The van der Waals surface area contributed by atoms with Crippen LogP contribution in [0.25, 0.3) is 0 Å². The van der Waals surface area contributed by atoms with Crippen LogP contribution in [0.15, 0.2) is 12.1 Å². The molecule has 0 radical (unpaired) electrons. The molecule has 106 valence electrons. The van der Waals surface area contributed by atoms with Crippen LogP contribution in [-0.4, -0.2) is 46.1 Å². The standard InChI is InChI=1S/C14H21NO4/c1-9(16)14(15(2)3)13-11(18-5)7-10(17-4)8-12(13)19-6/h7-8,14H,1-6H3. The predicted molar refractivity (Wildman–Crippen MR) is 73.2 cm³/mol. The summed E-state index contributed by atoms with van der Waals surface area (Å²) in [6, 6.07) is 3.07. The summed E-state index contributed by atoms with van der Waals surface area (Å²) in [7, 11) is 8.38. The van der Waals surface area contributed by atoms with E-state index < -0.39 is 6.04 Å². The summed E-state index contributed by atoms with van der Waals surface area (Å²) in [4.78, 5) is 13.7. The minimum absolute atomic E-state index is 0.0202. The largest absolute Gasteiger partial charge is 0.496 e. The van der Waals surface area contributed by atoms with Gasteiger partial charge in [-0.25, -0.2) is 0 Å². The molecule has 0 saturated heterocycles. The van der Waals surface area contributed by atoms with Crippen LogP contribution in [-0.2, 0) is 4.79 Å². The lowest BCUT2D eigenvalue weighted by atomic mass is 9.99. The van der Waals surface area contributed by atoms with Crippen molar-refractivity contribution in [3.05, 3.63) is 17.7 Å². The van der Waals surface area contributed by atoms with Gasteiger partial charge in [0.1, 0.15) is 23.3 Å². The summed E-state index contributed by atoms with van der Waals surface area (Å²) in [5.74, 6) is 1.79. The Hall–Kier alpha value is -1.75. The van der Waals surface area contributed by atoms with E-state index in [0.29, 0.717) is 22.8 Å². The highest BCUT2D eigenvalue weighted by molar-refractivity contribution is 5.85. The third kappa shape index (κ3) is 3.17. The number of hydrogen-bond acceptors (Lipinski definition) is 5. The van der Waals surface area contributed by atoms with E-state index in [1.807, 2.05) is 19.0 Å². The zero-order valence-electron chi connectivity index (χ0n) is 12.3. The maximum atomic E-state index is 11.9. The van der Waals surface area contributed by atoms with Crippen LogP contribution in [0.1, 0.15) is 18.5 Å². The van der Waals surface area contributed by atoms with Gasteiger partial charge in [-0.2, -0.15) is 0 Å². The molecule has 0 bridgehead atoms. The molecule has 0 aromatic heterocycles. The van der Waals surface area contributed by atoms with Gasteiger partial charge in [-0.15, -0.1) is 0 Å². The molecule has 0 aliphatic carbocycles. The fourth-order valence-electron chi connectivity index (χ4n) is 2.13. The number of methoxy groups -OCH3 is 3. The highest BCUT2D eigenvalue weighted by atomic mass is 16.5. The lowest BCUT2D eigenvalue weighted by molar-refractivity contribution is -0.121. The molecule has 1 aromatic carbocycles. The number of carbonyl (C=O) groups is 1. The summed E-state index contributed by atoms with van der Waals surface area (Å²) in [5.41, 5.74) is 0.711. The van der Waals surface area contributed by atoms with Crippen LogP contribution in [0.3, 0.4) is 0 Å². The molecule has 0 aliphatic rings. The molecule has 19 heavy (non-hydrogen) atoms. The molecule has 1 atom stereocenters. The van der Waals surface area contributed by atoms with Gasteiger partial charge in [0.2, 0.25) is 0 Å². The topological polar surface area (TPSA) is 48.0 Å². The quantitative estimate of drug-likeness (QED) is 0.788. The molecule has 0 spiro atoms. The second-order valence-corrected chi connectivity index (χ2v) is 4.42. The second-order valence-electron chi connectivity index (χ2n) is 4.42. The Bertz CT molecular complexity index is 432. The lowest BCUT2D eigenvalue weighted by Crippen LogP contribution is -2.27. The van der Waals surface area contributed by atoms with Crippen molar-refractivity contribution in [3.8, 4) is 17.2 Å². The van der Waals surface area contributed by atoms with Gasteiger partial charge in [0.25, 0.3) is 0 Å². The van der Waals surface area contributed by atoms with Crippen LogP contribution >= 0.6 is 0 Å². The van der Waals surface area contributed by atoms with Crippen LogP contribution in [0.2, 0.25) is 0 Å². The van der Waals surface area contributed by atoms with Gasteiger partial charge in [-0.1, -0.05) is 0 Å². The lowest BCUT2D eigenvalue weighted by Gasteiger charge is -2.26. The normalized spacial score (nSPS) is 12.2. The first-order valence-electron chi connectivity index (χ1n) is 5.93. The van der Waals surface area contributed by atoms with Gasteiger partial charge in [0.15, 0.2) is 5.78 Å². The minimum atomic E-state index is -0.421. The molecule has 0 amide bonds. The molecular formula is C14H21NO4. The highest BCUT2D eigenvalue weighted by Crippen LogP contribution is 2.40. The number of rotatable bonds is 6. The van der Waals surface area contributed by atoms with Crippen molar-refractivity contribution < 1.29 is 19.0 Å². The molecular weight excluding hydrogens is 246 g/mol. The number of Topliss-reactive ketones (excluding diaryl/α,β-unsaturated/α-hetero) is 1. The van der Waals surface area contributed by atoms with Gasteiger partial charge in [-0.3, -0.25) is 9.69 Å². The van der Waals surface area contributed by atoms with Crippen LogP contribution in [0, 0.1) is 0 Å². The van der Waals surface area contributed by atoms with E-state index in [0.717, 1.165) is 0 Å². The van der Waals surface area contributed by atoms with E-state index >= 15 is 0 Å². The van der Waals surface area contributed by atoms with Crippen LogP contribution in [0.4, 0.5) is 0 Å². The van der Waals surface area contributed by atoms with Crippen molar-refractivity contribution in [2.45, 2.75) is 13.0 Å². The third-order valence-corrected chi connectivity index (χ3v) is 2.93. The number of ether oxygens (including phenoxy) is 3. The summed E-state index contributed by atoms with van der Waals surface area (Å²) in [6.07, 6.45) is 0. The van der Waals surface area contributed by atoms with E-state index in [-0.39, 0.29) is 5.78 Å². The molecule has 1 rings (SSSR count). The molecule has 0 N–H and O–H groups in total. The maximum Gasteiger partial charge on any atom is 0.151 e. The van der Waals surface area contributed by atoms with Crippen LogP contribution < -0.4 is 14.2 Å². The summed E-state index contributed by atoms with van der Waals surface area (Å²) >= 11 is 0. The van der Waals surface area contributed by atoms with E-state index in [2.05, 4.69) is 0 Å². The Morgan fingerprint density at radius 1 is 1.05 bits per heavy atom. The van der Waals surface area contributed by atoms with Gasteiger partial charge in [-0.05, 0) is 21.0 Å². The molecule has 1 unspecified atom stereocenters. The van der Waals surface area contributed by atoms with E-state index in [1.54, 1.807) is 40.4 Å². The second kappa shape index (κ2) is 6.43. The fraction of sp³-hybridized carbons (Fsp3) is 0.500. The molecule has 0 aliphatic heterocycles. The van der Waals surface area contributed by atoms with Crippen molar-refractivity contribution in [2.24, 2.45) is 0 Å². The Balaban J connectivity index is 3.49. The van der Waals surface area contributed by atoms with Gasteiger partial charge in [0, 0.05) is 12.1 Å². The number of carbonyl (C=O) groups excluding carboxylic acids is 1. The molecule has 1 aromatic rings. The summed E-state index contributed by atoms with van der Waals surface area (Å²) in [6.45, 7) is 1.55. The zero-order valence-corrected chi connectivity index (χ0v) is 12.3. The molecule has 5 nitrogen and oxygen atoms in total. The Morgan fingerprint density at radius 3 is 1.79 bits per heavy atom. The summed E-state index contributed by atoms with van der Waals surface area (Å²) in [5, 5.41) is 0. The first-order valence-corrected chi connectivity index (χ1v) is 5.93. The van der Waals surface area contributed by atoms with Crippen molar-refractivity contribution in [1.29, 1.82) is 0 Å². The molecule has 0 heterocycles. The molecule has 0 saturated carbocycles.